The predicted molar refractivity (Wildman–Crippen MR) is 96.5 cm³/mol. The van der Waals surface area contributed by atoms with E-state index in [1.807, 2.05) is 64.1 Å². The third-order valence-corrected chi connectivity index (χ3v) is 4.79. The summed E-state index contributed by atoms with van der Waals surface area (Å²) >= 11 is 0. The van der Waals surface area contributed by atoms with Crippen LogP contribution in [-0.4, -0.2) is 24.9 Å². The van der Waals surface area contributed by atoms with E-state index in [1.54, 1.807) is 9.80 Å². The molecule has 0 spiro atoms. The maximum Gasteiger partial charge on any atom is 0.247 e. The van der Waals surface area contributed by atoms with E-state index >= 15 is 0 Å². The van der Waals surface area contributed by atoms with Crippen molar-refractivity contribution in [3.05, 3.63) is 58.7 Å². The monoisotopic (exact) mass is 322 g/mol. The van der Waals surface area contributed by atoms with Crippen molar-refractivity contribution in [1.29, 1.82) is 0 Å². The Hall–Kier alpha value is -2.62. The second-order valence-corrected chi connectivity index (χ2v) is 6.50. The van der Waals surface area contributed by atoms with Crippen LogP contribution >= 0.6 is 0 Å². The minimum absolute atomic E-state index is 0.0592. The molecule has 0 bridgehead atoms. The van der Waals surface area contributed by atoms with Crippen LogP contribution in [0, 0.1) is 27.7 Å². The average Bonchev–Trinajstić information content (AvgIpc) is 2.54. The molecule has 1 fully saturated rings. The summed E-state index contributed by atoms with van der Waals surface area (Å²) in [6.45, 7) is 8.24. The van der Waals surface area contributed by atoms with Crippen LogP contribution in [0.3, 0.4) is 0 Å². The van der Waals surface area contributed by atoms with Crippen molar-refractivity contribution in [2.24, 2.45) is 0 Å². The maximum absolute atomic E-state index is 12.6. The van der Waals surface area contributed by atoms with Gasteiger partial charge < -0.3 is 9.80 Å². The molecule has 24 heavy (non-hydrogen) atoms. The van der Waals surface area contributed by atoms with Gasteiger partial charge in [-0.3, -0.25) is 9.59 Å². The first-order valence-electron chi connectivity index (χ1n) is 8.12. The van der Waals surface area contributed by atoms with Crippen LogP contribution in [0.5, 0.6) is 0 Å². The van der Waals surface area contributed by atoms with E-state index in [-0.39, 0.29) is 24.9 Å². The van der Waals surface area contributed by atoms with Crippen molar-refractivity contribution in [2.45, 2.75) is 27.7 Å². The zero-order chi connectivity index (χ0) is 17.4. The minimum Gasteiger partial charge on any atom is -0.301 e. The van der Waals surface area contributed by atoms with Crippen molar-refractivity contribution < 1.29 is 9.59 Å². The molecular formula is C20H22N2O2. The first kappa shape index (κ1) is 16.2. The van der Waals surface area contributed by atoms with Crippen LogP contribution in [0.15, 0.2) is 36.4 Å². The fourth-order valence-corrected chi connectivity index (χ4v) is 2.88. The highest BCUT2D eigenvalue weighted by molar-refractivity contribution is 6.12. The number of carbonyl (C=O) groups is 2. The van der Waals surface area contributed by atoms with Gasteiger partial charge in [-0.15, -0.1) is 0 Å². The number of hydrogen-bond donors (Lipinski definition) is 0. The van der Waals surface area contributed by atoms with Gasteiger partial charge >= 0.3 is 0 Å². The fourth-order valence-electron chi connectivity index (χ4n) is 2.88. The molecule has 1 saturated heterocycles. The molecule has 0 N–H and O–H groups in total. The van der Waals surface area contributed by atoms with Gasteiger partial charge in [0.2, 0.25) is 11.8 Å². The van der Waals surface area contributed by atoms with E-state index in [2.05, 4.69) is 0 Å². The lowest BCUT2D eigenvalue weighted by Crippen LogP contribution is -2.54. The molecule has 0 atom stereocenters. The van der Waals surface area contributed by atoms with E-state index in [0.717, 1.165) is 22.5 Å². The van der Waals surface area contributed by atoms with Gasteiger partial charge in [0.1, 0.15) is 13.1 Å². The molecular weight excluding hydrogens is 300 g/mol. The first-order valence-corrected chi connectivity index (χ1v) is 8.12. The van der Waals surface area contributed by atoms with Crippen molar-refractivity contribution in [2.75, 3.05) is 22.9 Å². The minimum atomic E-state index is -0.0592. The SMILES string of the molecule is Cc1ccc(N2CC(=O)N(c3ccc(C)c(C)c3)CC2=O)cc1C. The summed E-state index contributed by atoms with van der Waals surface area (Å²) in [5.41, 5.74) is 6.15. The number of anilines is 2. The summed E-state index contributed by atoms with van der Waals surface area (Å²) in [6, 6.07) is 11.7. The molecule has 124 valence electrons. The molecule has 4 heteroatoms. The zero-order valence-corrected chi connectivity index (χ0v) is 14.6. The van der Waals surface area contributed by atoms with Crippen LogP contribution < -0.4 is 9.80 Å². The molecule has 1 aliphatic heterocycles. The number of benzene rings is 2. The van der Waals surface area contributed by atoms with Gasteiger partial charge in [0, 0.05) is 11.4 Å². The number of carbonyl (C=O) groups excluding carboxylic acids is 2. The highest BCUT2D eigenvalue weighted by Gasteiger charge is 2.31. The van der Waals surface area contributed by atoms with E-state index < -0.39 is 0 Å². The lowest BCUT2D eigenvalue weighted by atomic mass is 10.1. The Labute approximate surface area is 142 Å². The molecule has 2 amide bonds. The van der Waals surface area contributed by atoms with Gasteiger partial charge in [-0.25, -0.2) is 0 Å². The standard InChI is InChI=1S/C20H22N2O2/c1-13-5-7-17(9-15(13)3)21-11-20(24)22(12-19(21)23)18-8-6-14(2)16(4)10-18/h5-10H,11-12H2,1-4H3. The Balaban J connectivity index is 1.86. The molecule has 0 aromatic heterocycles. The summed E-state index contributed by atoms with van der Waals surface area (Å²) in [5.74, 6) is -0.118. The molecule has 2 aromatic carbocycles. The quantitative estimate of drug-likeness (QED) is 0.851. The molecule has 1 heterocycles. The average molecular weight is 322 g/mol. The Bertz CT molecular complexity index is 757. The van der Waals surface area contributed by atoms with Crippen LogP contribution in [-0.2, 0) is 9.59 Å². The summed E-state index contributed by atoms with van der Waals surface area (Å²) in [5, 5.41) is 0. The second kappa shape index (κ2) is 6.11. The van der Waals surface area contributed by atoms with Crippen LogP contribution in [0.2, 0.25) is 0 Å². The van der Waals surface area contributed by atoms with E-state index in [9.17, 15) is 9.59 Å². The largest absolute Gasteiger partial charge is 0.301 e. The lowest BCUT2D eigenvalue weighted by molar-refractivity contribution is -0.125. The molecule has 0 unspecified atom stereocenters. The van der Waals surface area contributed by atoms with E-state index in [0.29, 0.717) is 0 Å². The highest BCUT2D eigenvalue weighted by atomic mass is 16.2. The van der Waals surface area contributed by atoms with E-state index in [4.69, 9.17) is 0 Å². The number of amides is 2. The third kappa shape index (κ3) is 2.92. The topological polar surface area (TPSA) is 40.6 Å². The van der Waals surface area contributed by atoms with Crippen LogP contribution in [0.4, 0.5) is 11.4 Å². The smallest absolute Gasteiger partial charge is 0.247 e. The van der Waals surface area contributed by atoms with Crippen LogP contribution in [0.25, 0.3) is 0 Å². The van der Waals surface area contributed by atoms with Crippen molar-refractivity contribution in [3.63, 3.8) is 0 Å². The Morgan fingerprint density at radius 1 is 0.625 bits per heavy atom. The Morgan fingerprint density at radius 3 is 1.33 bits per heavy atom. The molecule has 0 radical (unpaired) electrons. The lowest BCUT2D eigenvalue weighted by Gasteiger charge is -2.34. The molecule has 4 nitrogen and oxygen atoms in total. The summed E-state index contributed by atoms with van der Waals surface area (Å²) in [6.07, 6.45) is 0. The van der Waals surface area contributed by atoms with Crippen molar-refractivity contribution in [1.82, 2.24) is 0 Å². The Morgan fingerprint density at radius 2 is 1.00 bits per heavy atom. The number of piperazine rings is 1. The van der Waals surface area contributed by atoms with Gasteiger partial charge in [-0.05, 0) is 74.2 Å². The fraction of sp³-hybridized carbons (Fsp3) is 0.300. The normalized spacial score (nSPS) is 15.2. The molecule has 0 aliphatic carbocycles. The molecule has 0 saturated carbocycles. The summed E-state index contributed by atoms with van der Waals surface area (Å²) < 4.78 is 0. The van der Waals surface area contributed by atoms with Gasteiger partial charge in [0.15, 0.2) is 0 Å². The van der Waals surface area contributed by atoms with Crippen molar-refractivity contribution >= 4 is 23.2 Å². The molecule has 1 aliphatic rings. The molecule has 2 aromatic rings. The highest BCUT2D eigenvalue weighted by Crippen LogP contribution is 2.25. The van der Waals surface area contributed by atoms with E-state index in [1.165, 1.54) is 11.1 Å². The van der Waals surface area contributed by atoms with Crippen LogP contribution in [0.1, 0.15) is 22.3 Å². The second-order valence-electron chi connectivity index (χ2n) is 6.50. The Kier molecular flexibility index (Phi) is 4.14. The van der Waals surface area contributed by atoms with Gasteiger partial charge in [-0.2, -0.15) is 0 Å². The van der Waals surface area contributed by atoms with Gasteiger partial charge in [0.25, 0.3) is 0 Å². The predicted octanol–water partition coefficient (Wildman–Crippen LogP) is 3.30. The first-order chi connectivity index (χ1) is 11.4. The molecule has 3 rings (SSSR count). The number of hydrogen-bond acceptors (Lipinski definition) is 2. The van der Waals surface area contributed by atoms with Gasteiger partial charge in [0.05, 0.1) is 0 Å². The number of nitrogens with zero attached hydrogens (tertiary/aromatic N) is 2. The van der Waals surface area contributed by atoms with Crippen molar-refractivity contribution in [3.8, 4) is 0 Å². The summed E-state index contributed by atoms with van der Waals surface area (Å²) in [4.78, 5) is 28.4. The zero-order valence-electron chi connectivity index (χ0n) is 14.6. The number of rotatable bonds is 2. The third-order valence-electron chi connectivity index (χ3n) is 4.79. The number of aryl methyl sites for hydroxylation is 4. The maximum atomic E-state index is 12.6. The summed E-state index contributed by atoms with van der Waals surface area (Å²) in [7, 11) is 0. The van der Waals surface area contributed by atoms with Gasteiger partial charge in [-0.1, -0.05) is 12.1 Å².